The van der Waals surface area contributed by atoms with Crippen LogP contribution in [-0.4, -0.2) is 54.5 Å². The van der Waals surface area contributed by atoms with Crippen molar-refractivity contribution in [3.05, 3.63) is 11.4 Å². The Morgan fingerprint density at radius 3 is 2.67 bits per heavy atom. The van der Waals surface area contributed by atoms with Gasteiger partial charge in [-0.05, 0) is 19.3 Å². The molecule has 0 saturated heterocycles. The number of methoxy groups -OCH3 is 1. The molecule has 21 heavy (non-hydrogen) atoms. The first-order chi connectivity index (χ1) is 10.1. The molecule has 7 heteroatoms. The molecule has 0 atom stereocenters. The van der Waals surface area contributed by atoms with Crippen LogP contribution in [0.1, 0.15) is 36.5 Å². The van der Waals surface area contributed by atoms with E-state index in [-0.39, 0.29) is 12.3 Å². The van der Waals surface area contributed by atoms with Gasteiger partial charge >= 0.3 is 5.97 Å². The SMILES string of the molecule is COCCOC(=O)c1nnn(CCOCCC(C)C)c1C. The van der Waals surface area contributed by atoms with Crippen LogP contribution in [0.4, 0.5) is 0 Å². The number of esters is 1. The second kappa shape index (κ2) is 9.46. The van der Waals surface area contributed by atoms with Gasteiger partial charge in [-0.2, -0.15) is 0 Å². The van der Waals surface area contributed by atoms with Gasteiger partial charge in [0.25, 0.3) is 0 Å². The van der Waals surface area contributed by atoms with Crippen LogP contribution >= 0.6 is 0 Å². The average molecular weight is 299 g/mol. The van der Waals surface area contributed by atoms with Gasteiger partial charge in [0.2, 0.25) is 0 Å². The molecule has 0 saturated carbocycles. The lowest BCUT2D eigenvalue weighted by Crippen LogP contribution is -2.13. The number of ether oxygens (including phenoxy) is 3. The summed E-state index contributed by atoms with van der Waals surface area (Å²) in [5.74, 6) is 0.156. The van der Waals surface area contributed by atoms with Gasteiger partial charge in [-0.3, -0.25) is 0 Å². The Balaban J connectivity index is 2.38. The molecule has 1 heterocycles. The summed E-state index contributed by atoms with van der Waals surface area (Å²) in [4.78, 5) is 11.8. The van der Waals surface area contributed by atoms with Crippen LogP contribution in [0.3, 0.4) is 0 Å². The van der Waals surface area contributed by atoms with Crippen molar-refractivity contribution in [1.82, 2.24) is 15.0 Å². The highest BCUT2D eigenvalue weighted by Crippen LogP contribution is 2.06. The predicted octanol–water partition coefficient (Wildman–Crippen LogP) is 1.45. The Morgan fingerprint density at radius 1 is 1.24 bits per heavy atom. The Hall–Kier alpha value is -1.47. The Bertz CT molecular complexity index is 432. The summed E-state index contributed by atoms with van der Waals surface area (Å²) >= 11 is 0. The molecule has 7 nitrogen and oxygen atoms in total. The normalized spacial score (nSPS) is 11.1. The quantitative estimate of drug-likeness (QED) is 0.481. The highest BCUT2D eigenvalue weighted by atomic mass is 16.6. The van der Waals surface area contributed by atoms with E-state index in [4.69, 9.17) is 14.2 Å². The molecule has 0 aliphatic rings. The van der Waals surface area contributed by atoms with Crippen LogP contribution < -0.4 is 0 Å². The van der Waals surface area contributed by atoms with Crippen molar-refractivity contribution in [3.63, 3.8) is 0 Å². The summed E-state index contributed by atoms with van der Waals surface area (Å²) in [5.41, 5.74) is 0.929. The van der Waals surface area contributed by atoms with Crippen LogP contribution in [0, 0.1) is 12.8 Å². The first-order valence-electron chi connectivity index (χ1n) is 7.20. The van der Waals surface area contributed by atoms with E-state index in [0.29, 0.717) is 31.4 Å². The first-order valence-corrected chi connectivity index (χ1v) is 7.20. The van der Waals surface area contributed by atoms with Crippen LogP contribution in [0.15, 0.2) is 0 Å². The van der Waals surface area contributed by atoms with E-state index in [1.54, 1.807) is 18.7 Å². The summed E-state index contributed by atoms with van der Waals surface area (Å²) in [6.45, 7) is 8.54. The van der Waals surface area contributed by atoms with Crippen molar-refractivity contribution in [3.8, 4) is 0 Å². The third-order valence-corrected chi connectivity index (χ3v) is 2.98. The summed E-state index contributed by atoms with van der Waals surface area (Å²) in [6, 6.07) is 0. The molecule has 0 fully saturated rings. The minimum atomic E-state index is -0.475. The van der Waals surface area contributed by atoms with Gasteiger partial charge in [0.15, 0.2) is 5.69 Å². The van der Waals surface area contributed by atoms with Crippen molar-refractivity contribution in [1.29, 1.82) is 0 Å². The largest absolute Gasteiger partial charge is 0.458 e. The van der Waals surface area contributed by atoms with Gasteiger partial charge in [0.05, 0.1) is 25.5 Å². The molecule has 120 valence electrons. The second-order valence-electron chi connectivity index (χ2n) is 5.17. The van der Waals surface area contributed by atoms with E-state index in [1.165, 1.54) is 0 Å². The monoisotopic (exact) mass is 299 g/mol. The van der Waals surface area contributed by atoms with Gasteiger partial charge in [-0.15, -0.1) is 5.10 Å². The molecule has 0 amide bonds. The molecular weight excluding hydrogens is 274 g/mol. The van der Waals surface area contributed by atoms with Crippen molar-refractivity contribution in [2.24, 2.45) is 5.92 Å². The number of rotatable bonds is 10. The average Bonchev–Trinajstić information content (AvgIpc) is 2.80. The molecule has 0 aliphatic heterocycles. The number of carbonyl (C=O) groups excluding carboxylic acids is 1. The topological polar surface area (TPSA) is 75.5 Å². The van der Waals surface area contributed by atoms with Gasteiger partial charge < -0.3 is 14.2 Å². The minimum absolute atomic E-state index is 0.208. The van der Waals surface area contributed by atoms with Crippen LogP contribution in [0.5, 0.6) is 0 Å². The lowest BCUT2D eigenvalue weighted by molar-refractivity contribution is 0.0380. The lowest BCUT2D eigenvalue weighted by atomic mass is 10.1. The molecule has 1 aromatic rings. The van der Waals surface area contributed by atoms with Gasteiger partial charge in [0.1, 0.15) is 6.61 Å². The third-order valence-electron chi connectivity index (χ3n) is 2.98. The van der Waals surface area contributed by atoms with Gasteiger partial charge in [-0.1, -0.05) is 19.1 Å². The van der Waals surface area contributed by atoms with E-state index in [1.807, 2.05) is 0 Å². The van der Waals surface area contributed by atoms with E-state index in [2.05, 4.69) is 24.2 Å². The first kappa shape index (κ1) is 17.6. The van der Waals surface area contributed by atoms with Crippen LogP contribution in [-0.2, 0) is 20.8 Å². The highest BCUT2D eigenvalue weighted by Gasteiger charge is 2.17. The molecule has 0 aromatic carbocycles. The highest BCUT2D eigenvalue weighted by molar-refractivity contribution is 5.88. The molecule has 1 rings (SSSR count). The summed E-state index contributed by atoms with van der Waals surface area (Å²) in [5, 5.41) is 7.82. The maximum Gasteiger partial charge on any atom is 0.360 e. The van der Waals surface area contributed by atoms with E-state index in [9.17, 15) is 4.79 Å². The van der Waals surface area contributed by atoms with Crippen molar-refractivity contribution in [2.75, 3.05) is 33.5 Å². The fraction of sp³-hybridized carbons (Fsp3) is 0.786. The Morgan fingerprint density at radius 2 is 2.00 bits per heavy atom. The molecule has 0 N–H and O–H groups in total. The maximum atomic E-state index is 11.8. The smallest absolute Gasteiger partial charge is 0.360 e. The van der Waals surface area contributed by atoms with E-state index in [0.717, 1.165) is 13.0 Å². The lowest BCUT2D eigenvalue weighted by Gasteiger charge is -2.07. The van der Waals surface area contributed by atoms with Crippen molar-refractivity contribution < 1.29 is 19.0 Å². The van der Waals surface area contributed by atoms with Crippen LogP contribution in [0.25, 0.3) is 0 Å². The number of hydrogen-bond acceptors (Lipinski definition) is 6. The zero-order chi connectivity index (χ0) is 15.7. The minimum Gasteiger partial charge on any atom is -0.458 e. The molecule has 0 bridgehead atoms. The molecule has 0 unspecified atom stereocenters. The summed E-state index contributed by atoms with van der Waals surface area (Å²) < 4.78 is 17.0. The number of carbonyl (C=O) groups is 1. The zero-order valence-corrected chi connectivity index (χ0v) is 13.3. The maximum absolute atomic E-state index is 11.8. The van der Waals surface area contributed by atoms with Crippen LogP contribution in [0.2, 0.25) is 0 Å². The Kier molecular flexibility index (Phi) is 7.92. The number of nitrogens with zero attached hydrogens (tertiary/aromatic N) is 3. The fourth-order valence-electron chi connectivity index (χ4n) is 1.62. The molecular formula is C14H25N3O4. The summed E-state index contributed by atoms with van der Waals surface area (Å²) in [6.07, 6.45) is 1.04. The standard InChI is InChI=1S/C14H25N3O4/c1-11(2)5-7-20-8-6-17-12(3)13(15-16-17)14(18)21-10-9-19-4/h11H,5-10H2,1-4H3. The predicted molar refractivity (Wildman–Crippen MR) is 77.2 cm³/mol. The molecule has 0 aliphatic carbocycles. The third kappa shape index (κ3) is 6.22. The molecule has 0 spiro atoms. The zero-order valence-electron chi connectivity index (χ0n) is 13.3. The molecule has 1 aromatic heterocycles. The van der Waals surface area contributed by atoms with Crippen molar-refractivity contribution >= 4 is 5.97 Å². The number of aromatic nitrogens is 3. The fourth-order valence-corrected chi connectivity index (χ4v) is 1.62. The van der Waals surface area contributed by atoms with Gasteiger partial charge in [-0.25, -0.2) is 9.48 Å². The number of hydrogen-bond donors (Lipinski definition) is 0. The molecule has 0 radical (unpaired) electrons. The summed E-state index contributed by atoms with van der Waals surface area (Å²) in [7, 11) is 1.55. The van der Waals surface area contributed by atoms with E-state index < -0.39 is 5.97 Å². The Labute approximate surface area is 125 Å². The van der Waals surface area contributed by atoms with E-state index >= 15 is 0 Å². The second-order valence-corrected chi connectivity index (χ2v) is 5.17. The van der Waals surface area contributed by atoms with Gasteiger partial charge in [0, 0.05) is 13.7 Å². The van der Waals surface area contributed by atoms with Crippen molar-refractivity contribution in [2.45, 2.75) is 33.7 Å².